The predicted octanol–water partition coefficient (Wildman–Crippen LogP) is 2.51. The second-order valence-corrected chi connectivity index (χ2v) is 4.70. The molecule has 4 nitrogen and oxygen atoms in total. The summed E-state index contributed by atoms with van der Waals surface area (Å²) in [6, 6.07) is 5.26. The summed E-state index contributed by atoms with van der Waals surface area (Å²) in [5, 5.41) is 19.5. The molecule has 1 aromatic carbocycles. The molecule has 19 heavy (non-hydrogen) atoms. The van der Waals surface area contributed by atoms with Crippen molar-refractivity contribution < 1.29 is 19.7 Å². The lowest BCUT2D eigenvalue weighted by molar-refractivity contribution is 0.0403. The first-order chi connectivity index (χ1) is 9.10. The number of hydrogen-bond acceptors (Lipinski definition) is 4. The van der Waals surface area contributed by atoms with Gasteiger partial charge in [0.05, 0.1) is 19.3 Å². The molecule has 0 aliphatic carbocycles. The number of methoxy groups -OCH3 is 2. The second kappa shape index (κ2) is 8.02. The number of hydrogen-bond donors (Lipinski definition) is 2. The van der Waals surface area contributed by atoms with Crippen molar-refractivity contribution in [2.45, 2.75) is 44.8 Å². The monoisotopic (exact) mass is 268 g/mol. The van der Waals surface area contributed by atoms with Crippen LogP contribution in [0.1, 0.15) is 31.7 Å². The maximum atomic E-state index is 9.96. The van der Waals surface area contributed by atoms with Crippen LogP contribution in [0.3, 0.4) is 0 Å². The van der Waals surface area contributed by atoms with Gasteiger partial charge in [-0.3, -0.25) is 0 Å². The van der Waals surface area contributed by atoms with Crippen LogP contribution in [0.25, 0.3) is 0 Å². The van der Waals surface area contributed by atoms with Crippen LogP contribution in [0.15, 0.2) is 18.2 Å². The van der Waals surface area contributed by atoms with E-state index < -0.39 is 0 Å². The van der Waals surface area contributed by atoms with E-state index in [4.69, 9.17) is 9.47 Å². The van der Waals surface area contributed by atoms with E-state index in [0.717, 1.165) is 18.4 Å². The van der Waals surface area contributed by atoms with Crippen LogP contribution in [-0.4, -0.2) is 36.6 Å². The van der Waals surface area contributed by atoms with Crippen LogP contribution >= 0.6 is 0 Å². The number of phenols is 1. The van der Waals surface area contributed by atoms with Crippen LogP contribution in [-0.2, 0) is 11.2 Å². The Morgan fingerprint density at radius 2 is 2.00 bits per heavy atom. The fraction of sp³-hybridized carbons (Fsp3) is 0.600. The predicted molar refractivity (Wildman–Crippen MR) is 74.7 cm³/mol. The molecule has 0 saturated carbocycles. The minimum absolute atomic E-state index is 0.115. The van der Waals surface area contributed by atoms with Gasteiger partial charge in [-0.1, -0.05) is 13.0 Å². The van der Waals surface area contributed by atoms with Gasteiger partial charge in [-0.2, -0.15) is 0 Å². The van der Waals surface area contributed by atoms with Crippen molar-refractivity contribution in [1.82, 2.24) is 0 Å². The van der Waals surface area contributed by atoms with Crippen LogP contribution < -0.4 is 4.74 Å². The molecule has 0 spiro atoms. The molecule has 2 N–H and O–H groups in total. The van der Waals surface area contributed by atoms with E-state index in [9.17, 15) is 10.2 Å². The Labute approximate surface area is 115 Å². The highest BCUT2D eigenvalue weighted by molar-refractivity contribution is 5.41. The van der Waals surface area contributed by atoms with Gasteiger partial charge in [0, 0.05) is 7.11 Å². The number of ether oxygens (including phenoxy) is 2. The molecule has 2 atom stereocenters. The van der Waals surface area contributed by atoms with Gasteiger partial charge in [-0.05, 0) is 43.4 Å². The van der Waals surface area contributed by atoms with Crippen molar-refractivity contribution in [3.05, 3.63) is 23.8 Å². The fourth-order valence-electron chi connectivity index (χ4n) is 2.06. The van der Waals surface area contributed by atoms with Gasteiger partial charge in [0.2, 0.25) is 0 Å². The molecule has 1 aromatic rings. The molecule has 0 amide bonds. The SMILES string of the molecule is CCC(CC(O)CCc1ccc(O)c(OC)c1)OC. The Morgan fingerprint density at radius 3 is 2.58 bits per heavy atom. The van der Waals surface area contributed by atoms with E-state index in [0.29, 0.717) is 18.6 Å². The molecular formula is C15H24O4. The Bertz CT molecular complexity index is 374. The number of aliphatic hydroxyl groups is 1. The van der Waals surface area contributed by atoms with Gasteiger partial charge in [0.1, 0.15) is 0 Å². The normalized spacial score (nSPS) is 14.1. The maximum Gasteiger partial charge on any atom is 0.160 e. The molecule has 0 aliphatic rings. The average molecular weight is 268 g/mol. The lowest BCUT2D eigenvalue weighted by Crippen LogP contribution is -2.19. The minimum Gasteiger partial charge on any atom is -0.504 e. The highest BCUT2D eigenvalue weighted by Crippen LogP contribution is 2.27. The number of rotatable bonds is 8. The zero-order valence-electron chi connectivity index (χ0n) is 11.9. The van der Waals surface area contributed by atoms with E-state index in [1.807, 2.05) is 13.0 Å². The molecule has 1 rings (SSSR count). The third-order valence-corrected chi connectivity index (χ3v) is 3.33. The quantitative estimate of drug-likeness (QED) is 0.760. The van der Waals surface area contributed by atoms with Gasteiger partial charge in [0.15, 0.2) is 11.5 Å². The molecule has 2 unspecified atom stereocenters. The summed E-state index contributed by atoms with van der Waals surface area (Å²) >= 11 is 0. The van der Waals surface area contributed by atoms with E-state index in [-0.39, 0.29) is 18.0 Å². The van der Waals surface area contributed by atoms with Crippen LogP contribution in [0.2, 0.25) is 0 Å². The van der Waals surface area contributed by atoms with Crippen molar-refractivity contribution in [3.63, 3.8) is 0 Å². The lowest BCUT2D eigenvalue weighted by Gasteiger charge is -2.17. The first-order valence-corrected chi connectivity index (χ1v) is 6.67. The third-order valence-electron chi connectivity index (χ3n) is 3.33. The van der Waals surface area contributed by atoms with Crippen molar-refractivity contribution in [1.29, 1.82) is 0 Å². The minimum atomic E-state index is -0.371. The molecule has 0 bridgehead atoms. The smallest absolute Gasteiger partial charge is 0.160 e. The summed E-state index contributed by atoms with van der Waals surface area (Å²) < 4.78 is 10.3. The highest BCUT2D eigenvalue weighted by atomic mass is 16.5. The number of benzene rings is 1. The summed E-state index contributed by atoms with van der Waals surface area (Å²) in [5.41, 5.74) is 1.04. The second-order valence-electron chi connectivity index (χ2n) is 4.70. The van der Waals surface area contributed by atoms with Crippen LogP contribution in [0.5, 0.6) is 11.5 Å². The molecule has 0 radical (unpaired) electrons. The van der Waals surface area contributed by atoms with E-state index >= 15 is 0 Å². The van der Waals surface area contributed by atoms with E-state index in [2.05, 4.69) is 0 Å². The first-order valence-electron chi connectivity index (χ1n) is 6.67. The Morgan fingerprint density at radius 1 is 1.26 bits per heavy atom. The molecular weight excluding hydrogens is 244 g/mol. The van der Waals surface area contributed by atoms with Gasteiger partial charge < -0.3 is 19.7 Å². The van der Waals surface area contributed by atoms with Crippen molar-refractivity contribution in [3.8, 4) is 11.5 Å². The fourth-order valence-corrected chi connectivity index (χ4v) is 2.06. The summed E-state index contributed by atoms with van der Waals surface area (Å²) in [7, 11) is 3.20. The molecule has 0 saturated heterocycles. The summed E-state index contributed by atoms with van der Waals surface area (Å²) in [6.45, 7) is 2.05. The lowest BCUT2D eigenvalue weighted by atomic mass is 10.0. The summed E-state index contributed by atoms with van der Waals surface area (Å²) in [5.74, 6) is 0.604. The van der Waals surface area contributed by atoms with E-state index in [1.54, 1.807) is 19.2 Å². The average Bonchev–Trinajstić information content (AvgIpc) is 2.43. The van der Waals surface area contributed by atoms with Gasteiger partial charge in [-0.25, -0.2) is 0 Å². The molecule has 4 heteroatoms. The maximum absolute atomic E-state index is 9.96. The van der Waals surface area contributed by atoms with E-state index in [1.165, 1.54) is 7.11 Å². The van der Waals surface area contributed by atoms with Crippen LogP contribution in [0.4, 0.5) is 0 Å². The number of aryl methyl sites for hydroxylation is 1. The van der Waals surface area contributed by atoms with Gasteiger partial charge in [0.25, 0.3) is 0 Å². The Kier molecular flexibility index (Phi) is 6.67. The summed E-state index contributed by atoms with van der Waals surface area (Å²) in [4.78, 5) is 0. The molecule has 0 aromatic heterocycles. The Hall–Kier alpha value is -1.26. The topological polar surface area (TPSA) is 58.9 Å². The number of aromatic hydroxyl groups is 1. The molecule has 0 heterocycles. The zero-order chi connectivity index (χ0) is 14.3. The number of aliphatic hydroxyl groups excluding tert-OH is 1. The van der Waals surface area contributed by atoms with Crippen molar-refractivity contribution in [2.75, 3.05) is 14.2 Å². The Balaban J connectivity index is 2.47. The first kappa shape index (κ1) is 15.8. The largest absolute Gasteiger partial charge is 0.504 e. The van der Waals surface area contributed by atoms with Crippen LogP contribution in [0, 0.1) is 0 Å². The summed E-state index contributed by atoms with van der Waals surface area (Å²) in [6.07, 6.45) is 2.73. The highest BCUT2D eigenvalue weighted by Gasteiger charge is 2.12. The number of phenolic OH excluding ortho intramolecular Hbond substituents is 1. The molecule has 0 aliphatic heterocycles. The van der Waals surface area contributed by atoms with Crippen molar-refractivity contribution in [2.24, 2.45) is 0 Å². The molecule has 108 valence electrons. The molecule has 0 fully saturated rings. The third kappa shape index (κ3) is 5.09. The zero-order valence-corrected chi connectivity index (χ0v) is 11.9. The van der Waals surface area contributed by atoms with Gasteiger partial charge >= 0.3 is 0 Å². The van der Waals surface area contributed by atoms with Crippen molar-refractivity contribution >= 4 is 0 Å². The standard InChI is InChI=1S/C15H24O4/c1-4-13(18-2)10-12(16)7-5-11-6-8-14(17)15(9-11)19-3/h6,8-9,12-13,16-17H,4-5,7,10H2,1-3H3. The van der Waals surface area contributed by atoms with Gasteiger partial charge in [-0.15, -0.1) is 0 Å².